The van der Waals surface area contributed by atoms with Gasteiger partial charge in [0.05, 0.1) is 5.92 Å². The number of rotatable bonds is 4. The van der Waals surface area contributed by atoms with Gasteiger partial charge in [0.1, 0.15) is 0 Å². The van der Waals surface area contributed by atoms with E-state index >= 15 is 0 Å². The predicted molar refractivity (Wildman–Crippen MR) is 103 cm³/mol. The molecule has 2 aliphatic rings. The molecule has 27 heavy (non-hydrogen) atoms. The van der Waals surface area contributed by atoms with Gasteiger partial charge < -0.3 is 5.32 Å². The Balaban J connectivity index is 1.53. The van der Waals surface area contributed by atoms with Gasteiger partial charge in [0.15, 0.2) is 5.82 Å². The molecule has 2 heterocycles. The number of nitrogens with zero attached hydrogens (tertiary/aromatic N) is 4. The molecule has 144 valence electrons. The lowest BCUT2D eigenvalue weighted by Gasteiger charge is -2.31. The van der Waals surface area contributed by atoms with Crippen LogP contribution in [-0.4, -0.2) is 32.7 Å². The van der Waals surface area contributed by atoms with Crippen molar-refractivity contribution in [2.24, 2.45) is 0 Å². The molecule has 1 aromatic heterocycles. The van der Waals surface area contributed by atoms with Crippen LogP contribution in [0.4, 0.5) is 0 Å². The molecule has 1 aliphatic carbocycles. The molecule has 2 aromatic rings. The first-order valence-electron chi connectivity index (χ1n) is 10.2. The smallest absolute Gasteiger partial charge is 0.230 e. The average molecular weight is 367 g/mol. The van der Waals surface area contributed by atoms with Gasteiger partial charge in [-0.15, -0.1) is 5.10 Å². The number of hydrogen-bond acceptors (Lipinski definition) is 4. The third-order valence-corrected chi connectivity index (χ3v) is 6.30. The maximum absolute atomic E-state index is 13.1. The van der Waals surface area contributed by atoms with Crippen molar-refractivity contribution in [3.05, 3.63) is 40.7 Å². The number of carbonyl (C=O) groups is 1. The van der Waals surface area contributed by atoms with Crippen LogP contribution in [-0.2, 0) is 16.8 Å². The third-order valence-electron chi connectivity index (χ3n) is 6.30. The molecule has 1 aromatic carbocycles. The molecule has 0 radical (unpaired) electrons. The summed E-state index contributed by atoms with van der Waals surface area (Å²) in [5, 5.41) is 15.2. The quantitative estimate of drug-likeness (QED) is 0.901. The van der Waals surface area contributed by atoms with Crippen LogP contribution in [0.5, 0.6) is 0 Å². The lowest BCUT2D eigenvalue weighted by Crippen LogP contribution is -2.41. The van der Waals surface area contributed by atoms with Crippen LogP contribution in [0, 0.1) is 13.8 Å². The van der Waals surface area contributed by atoms with E-state index in [1.54, 1.807) is 4.68 Å². The SMILES string of the molecule is Cc1cc(C)cc(C2(CNC(=O)C3CCCCn4nnnc43)CCCC2)c1. The first-order chi connectivity index (χ1) is 13.1. The maximum atomic E-state index is 13.1. The molecule has 0 bridgehead atoms. The molecule has 1 amide bonds. The summed E-state index contributed by atoms with van der Waals surface area (Å²) in [6.45, 7) is 5.82. The van der Waals surface area contributed by atoms with E-state index in [0.717, 1.165) is 44.5 Å². The molecule has 1 aliphatic heterocycles. The highest BCUT2D eigenvalue weighted by Gasteiger charge is 2.37. The Bertz CT molecular complexity index is 801. The van der Waals surface area contributed by atoms with E-state index in [2.05, 4.69) is 52.9 Å². The standard InChI is InChI=1S/C21H29N5O/c1-15-11-16(2)13-17(12-15)21(8-4-5-9-21)14-22-20(27)18-7-3-6-10-26-19(18)23-24-25-26/h11-13,18H,3-10,14H2,1-2H3,(H,22,27). The van der Waals surface area contributed by atoms with E-state index in [-0.39, 0.29) is 17.2 Å². The first-order valence-corrected chi connectivity index (χ1v) is 10.2. The molecular formula is C21H29N5O. The minimum absolute atomic E-state index is 0.0586. The molecule has 0 spiro atoms. The number of tetrazole rings is 1. The molecular weight excluding hydrogens is 338 g/mol. The van der Waals surface area contributed by atoms with Gasteiger partial charge in [-0.3, -0.25) is 4.79 Å². The number of amides is 1. The van der Waals surface area contributed by atoms with E-state index in [4.69, 9.17) is 0 Å². The van der Waals surface area contributed by atoms with Crippen LogP contribution in [0.15, 0.2) is 18.2 Å². The monoisotopic (exact) mass is 367 g/mol. The Labute approximate surface area is 160 Å². The fourth-order valence-corrected chi connectivity index (χ4v) is 4.89. The normalized spacial score (nSPS) is 21.5. The Morgan fingerprint density at radius 1 is 1.15 bits per heavy atom. The van der Waals surface area contributed by atoms with Crippen LogP contribution < -0.4 is 5.32 Å². The minimum atomic E-state index is -0.236. The van der Waals surface area contributed by atoms with Crippen molar-refractivity contribution in [3.63, 3.8) is 0 Å². The van der Waals surface area contributed by atoms with Gasteiger partial charge >= 0.3 is 0 Å². The molecule has 1 saturated carbocycles. The van der Waals surface area contributed by atoms with Gasteiger partial charge in [0.25, 0.3) is 0 Å². The van der Waals surface area contributed by atoms with Gasteiger partial charge in [0, 0.05) is 18.5 Å². The zero-order valence-electron chi connectivity index (χ0n) is 16.4. The summed E-state index contributed by atoms with van der Waals surface area (Å²) in [6.07, 6.45) is 7.59. The highest BCUT2D eigenvalue weighted by molar-refractivity contribution is 5.82. The number of hydrogen-bond donors (Lipinski definition) is 1. The van der Waals surface area contributed by atoms with Gasteiger partial charge in [-0.2, -0.15) is 0 Å². The Kier molecular flexibility index (Phi) is 4.98. The van der Waals surface area contributed by atoms with E-state index in [1.165, 1.54) is 29.5 Å². The van der Waals surface area contributed by atoms with Crippen molar-refractivity contribution in [3.8, 4) is 0 Å². The highest BCUT2D eigenvalue weighted by Crippen LogP contribution is 2.41. The van der Waals surface area contributed by atoms with Gasteiger partial charge in [-0.25, -0.2) is 4.68 Å². The van der Waals surface area contributed by atoms with Gasteiger partial charge in [-0.05, 0) is 55.5 Å². The molecule has 1 unspecified atom stereocenters. The Morgan fingerprint density at radius 3 is 2.63 bits per heavy atom. The van der Waals surface area contributed by atoms with Gasteiger partial charge in [0.2, 0.25) is 5.91 Å². The summed E-state index contributed by atoms with van der Waals surface area (Å²) in [6, 6.07) is 6.82. The van der Waals surface area contributed by atoms with Crippen molar-refractivity contribution < 1.29 is 4.79 Å². The minimum Gasteiger partial charge on any atom is -0.355 e. The summed E-state index contributed by atoms with van der Waals surface area (Å²) in [5.74, 6) is 0.556. The van der Waals surface area contributed by atoms with Crippen LogP contribution in [0.3, 0.4) is 0 Å². The lowest BCUT2D eigenvalue weighted by molar-refractivity contribution is -0.123. The number of carbonyl (C=O) groups excluding carboxylic acids is 1. The maximum Gasteiger partial charge on any atom is 0.230 e. The van der Waals surface area contributed by atoms with Crippen molar-refractivity contribution in [2.45, 2.75) is 76.7 Å². The van der Waals surface area contributed by atoms with E-state index < -0.39 is 0 Å². The van der Waals surface area contributed by atoms with Crippen molar-refractivity contribution in [2.75, 3.05) is 6.54 Å². The second-order valence-corrected chi connectivity index (χ2v) is 8.39. The van der Waals surface area contributed by atoms with Crippen molar-refractivity contribution in [1.29, 1.82) is 0 Å². The number of fused-ring (bicyclic) bond motifs is 1. The fourth-order valence-electron chi connectivity index (χ4n) is 4.89. The Morgan fingerprint density at radius 2 is 1.89 bits per heavy atom. The lowest BCUT2D eigenvalue weighted by atomic mass is 9.77. The van der Waals surface area contributed by atoms with Crippen molar-refractivity contribution >= 4 is 5.91 Å². The molecule has 1 atom stereocenters. The van der Waals surface area contributed by atoms with E-state index in [0.29, 0.717) is 6.54 Å². The number of nitrogens with one attached hydrogen (secondary N) is 1. The second-order valence-electron chi connectivity index (χ2n) is 8.39. The summed E-state index contributed by atoms with van der Waals surface area (Å²) in [7, 11) is 0. The zero-order valence-corrected chi connectivity index (χ0v) is 16.4. The summed E-state index contributed by atoms with van der Waals surface area (Å²) < 4.78 is 1.80. The molecule has 4 rings (SSSR count). The third kappa shape index (κ3) is 3.62. The Hall–Kier alpha value is -2.24. The van der Waals surface area contributed by atoms with Crippen LogP contribution in [0.25, 0.3) is 0 Å². The topological polar surface area (TPSA) is 72.7 Å². The molecule has 6 heteroatoms. The second kappa shape index (κ2) is 7.41. The number of aromatic nitrogens is 4. The molecule has 0 saturated heterocycles. The fraction of sp³-hybridized carbons (Fsp3) is 0.619. The number of aryl methyl sites for hydroxylation is 3. The zero-order chi connectivity index (χ0) is 18.9. The first kappa shape index (κ1) is 18.1. The van der Waals surface area contributed by atoms with Crippen molar-refractivity contribution in [1.82, 2.24) is 25.5 Å². The molecule has 1 N–H and O–H groups in total. The predicted octanol–water partition coefficient (Wildman–Crippen LogP) is 3.19. The van der Waals surface area contributed by atoms with Crippen LogP contribution in [0.1, 0.15) is 73.4 Å². The number of benzene rings is 1. The summed E-state index contributed by atoms with van der Waals surface area (Å²) >= 11 is 0. The summed E-state index contributed by atoms with van der Waals surface area (Å²) in [5.41, 5.74) is 4.03. The summed E-state index contributed by atoms with van der Waals surface area (Å²) in [4.78, 5) is 13.1. The molecule has 1 fully saturated rings. The average Bonchev–Trinajstić information content (AvgIpc) is 3.26. The van der Waals surface area contributed by atoms with Gasteiger partial charge in [-0.1, -0.05) is 48.6 Å². The molecule has 6 nitrogen and oxygen atoms in total. The van der Waals surface area contributed by atoms with Crippen LogP contribution >= 0.6 is 0 Å². The largest absolute Gasteiger partial charge is 0.355 e. The van der Waals surface area contributed by atoms with E-state index in [9.17, 15) is 4.79 Å². The van der Waals surface area contributed by atoms with Crippen LogP contribution in [0.2, 0.25) is 0 Å². The van der Waals surface area contributed by atoms with E-state index in [1.807, 2.05) is 0 Å². The highest BCUT2D eigenvalue weighted by atomic mass is 16.1.